The van der Waals surface area contributed by atoms with Crippen molar-refractivity contribution in [1.29, 1.82) is 0 Å². The van der Waals surface area contributed by atoms with Crippen LogP contribution in [0.1, 0.15) is 59.3 Å². The van der Waals surface area contributed by atoms with Crippen molar-refractivity contribution >= 4 is 17.7 Å². The van der Waals surface area contributed by atoms with Crippen LogP contribution in [-0.2, 0) is 9.53 Å². The van der Waals surface area contributed by atoms with Crippen LogP contribution in [0.25, 0.3) is 0 Å². The number of Topliss-reactive ketones (excluding diaryl/α,β-unsaturated/α-hetero) is 1. The monoisotopic (exact) mass is 348 g/mol. The lowest BCUT2D eigenvalue weighted by atomic mass is 9.99. The summed E-state index contributed by atoms with van der Waals surface area (Å²) in [4.78, 5) is 41.8. The molecule has 0 aliphatic carbocycles. The number of carbonyl (C=O) groups is 3. The number of esters is 1. The zero-order chi connectivity index (χ0) is 19.3. The second-order valence-electron chi connectivity index (χ2n) is 6.59. The molecule has 0 aromatic carbocycles. The fraction of sp³-hybridized carbons (Fsp3) is 0.526. The number of methoxy groups -OCH3 is 1. The lowest BCUT2D eigenvalue weighted by Crippen LogP contribution is -2.44. The van der Waals surface area contributed by atoms with Crippen molar-refractivity contribution in [2.45, 2.75) is 47.1 Å². The molecule has 1 atom stereocenters. The minimum Gasteiger partial charge on any atom is -0.464 e. The summed E-state index contributed by atoms with van der Waals surface area (Å²) in [6.45, 7) is 13.0. The zero-order valence-corrected chi connectivity index (χ0v) is 15.9. The van der Waals surface area contributed by atoms with E-state index < -0.39 is 12.0 Å². The minimum absolute atomic E-state index is 0.0882. The number of carbonyl (C=O) groups excluding carboxylic acids is 3. The lowest BCUT2D eigenvalue weighted by Gasteiger charge is -2.28. The third-order valence-electron chi connectivity index (χ3n) is 4.15. The number of nitrogens with one attached hydrogen (secondary N) is 1. The van der Waals surface area contributed by atoms with Crippen LogP contribution >= 0.6 is 0 Å². The molecule has 1 heterocycles. The Hall–Kier alpha value is -2.37. The molecule has 25 heavy (non-hydrogen) atoms. The molecular formula is C19H28N2O4. The molecule has 0 spiro atoms. The van der Waals surface area contributed by atoms with E-state index in [0.717, 1.165) is 0 Å². The standard InChI is InChI=1S/C19H28N2O4/c1-8-9-21(15(22)10-11(2)3)14(6)18(23)16-12(4)17(19(24)25-7)20-13(16)5/h8,11,14,20H,1,9-10H2,2-7H3/t14-/m1/s1. The maximum absolute atomic E-state index is 13.0. The van der Waals surface area contributed by atoms with E-state index in [4.69, 9.17) is 4.74 Å². The van der Waals surface area contributed by atoms with Crippen molar-refractivity contribution in [3.8, 4) is 0 Å². The number of rotatable bonds is 8. The van der Waals surface area contributed by atoms with E-state index in [2.05, 4.69) is 11.6 Å². The first-order valence-electron chi connectivity index (χ1n) is 8.37. The molecule has 0 bridgehead atoms. The van der Waals surface area contributed by atoms with Gasteiger partial charge in [-0.25, -0.2) is 4.79 Å². The summed E-state index contributed by atoms with van der Waals surface area (Å²) in [6, 6.07) is -0.650. The summed E-state index contributed by atoms with van der Waals surface area (Å²) >= 11 is 0. The molecule has 138 valence electrons. The van der Waals surface area contributed by atoms with Gasteiger partial charge in [0.05, 0.1) is 13.2 Å². The Morgan fingerprint density at radius 2 is 1.84 bits per heavy atom. The molecule has 1 aromatic rings. The Kier molecular flexibility index (Phi) is 7.15. The van der Waals surface area contributed by atoms with Crippen LogP contribution in [0.5, 0.6) is 0 Å². The highest BCUT2D eigenvalue weighted by Crippen LogP contribution is 2.22. The topological polar surface area (TPSA) is 79.5 Å². The largest absolute Gasteiger partial charge is 0.464 e. The van der Waals surface area contributed by atoms with E-state index in [1.54, 1.807) is 26.8 Å². The van der Waals surface area contributed by atoms with E-state index in [9.17, 15) is 14.4 Å². The molecule has 0 fully saturated rings. The second kappa shape index (κ2) is 8.65. The van der Waals surface area contributed by atoms with Gasteiger partial charge in [0.25, 0.3) is 0 Å². The Morgan fingerprint density at radius 1 is 1.24 bits per heavy atom. The zero-order valence-electron chi connectivity index (χ0n) is 15.9. The first kappa shape index (κ1) is 20.7. The Labute approximate surface area is 149 Å². The molecule has 6 heteroatoms. The van der Waals surface area contributed by atoms with Gasteiger partial charge in [0.1, 0.15) is 5.69 Å². The molecule has 0 aliphatic heterocycles. The number of hydrogen-bond donors (Lipinski definition) is 1. The smallest absolute Gasteiger partial charge is 0.354 e. The number of ketones is 1. The fourth-order valence-electron chi connectivity index (χ4n) is 2.86. The van der Waals surface area contributed by atoms with Crippen LogP contribution < -0.4 is 0 Å². The number of amides is 1. The average molecular weight is 348 g/mol. The van der Waals surface area contributed by atoms with Gasteiger partial charge in [-0.05, 0) is 32.3 Å². The summed E-state index contributed by atoms with van der Waals surface area (Å²) in [6.07, 6.45) is 1.97. The second-order valence-corrected chi connectivity index (χ2v) is 6.59. The summed E-state index contributed by atoms with van der Waals surface area (Å²) in [5.41, 5.74) is 1.82. The average Bonchev–Trinajstić information content (AvgIpc) is 2.84. The first-order chi connectivity index (χ1) is 11.6. The number of ether oxygens (including phenoxy) is 1. The lowest BCUT2D eigenvalue weighted by molar-refractivity contribution is -0.132. The summed E-state index contributed by atoms with van der Waals surface area (Å²) in [7, 11) is 1.29. The summed E-state index contributed by atoms with van der Waals surface area (Å²) in [5.74, 6) is -0.620. The number of aryl methyl sites for hydroxylation is 1. The van der Waals surface area contributed by atoms with Gasteiger partial charge >= 0.3 is 5.97 Å². The molecule has 0 saturated carbocycles. The maximum Gasteiger partial charge on any atom is 0.354 e. The van der Waals surface area contributed by atoms with Gasteiger partial charge in [-0.3, -0.25) is 9.59 Å². The summed E-state index contributed by atoms with van der Waals surface area (Å²) < 4.78 is 4.73. The number of hydrogen-bond acceptors (Lipinski definition) is 4. The fourth-order valence-corrected chi connectivity index (χ4v) is 2.86. The molecular weight excluding hydrogens is 320 g/mol. The van der Waals surface area contributed by atoms with Crippen molar-refractivity contribution in [3.63, 3.8) is 0 Å². The van der Waals surface area contributed by atoms with Crippen LogP contribution in [0.3, 0.4) is 0 Å². The van der Waals surface area contributed by atoms with E-state index in [-0.39, 0.29) is 23.3 Å². The SMILES string of the molecule is C=CCN(C(=O)CC(C)C)[C@H](C)C(=O)c1c(C)[nH]c(C(=O)OC)c1C. The molecule has 1 aromatic heterocycles. The molecule has 1 amide bonds. The predicted octanol–water partition coefficient (Wildman–Crippen LogP) is 3.05. The highest BCUT2D eigenvalue weighted by atomic mass is 16.5. The van der Waals surface area contributed by atoms with Crippen LogP contribution in [0.4, 0.5) is 0 Å². The van der Waals surface area contributed by atoms with Gasteiger partial charge in [-0.15, -0.1) is 6.58 Å². The third kappa shape index (κ3) is 4.59. The Balaban J connectivity index is 3.19. The molecule has 1 rings (SSSR count). The summed E-state index contributed by atoms with van der Waals surface area (Å²) in [5, 5.41) is 0. The van der Waals surface area contributed by atoms with E-state index in [1.807, 2.05) is 13.8 Å². The number of aromatic amines is 1. The minimum atomic E-state index is -0.650. The van der Waals surface area contributed by atoms with Gasteiger partial charge in [-0.2, -0.15) is 0 Å². The van der Waals surface area contributed by atoms with E-state index in [1.165, 1.54) is 12.0 Å². The van der Waals surface area contributed by atoms with Gasteiger partial charge < -0.3 is 14.6 Å². The molecule has 6 nitrogen and oxygen atoms in total. The molecule has 0 saturated heterocycles. The number of H-pyrrole nitrogens is 1. The van der Waals surface area contributed by atoms with E-state index in [0.29, 0.717) is 29.8 Å². The number of aromatic nitrogens is 1. The molecule has 0 radical (unpaired) electrons. The van der Waals surface area contributed by atoms with Crippen molar-refractivity contribution in [2.24, 2.45) is 5.92 Å². The van der Waals surface area contributed by atoms with E-state index >= 15 is 0 Å². The van der Waals surface area contributed by atoms with Gasteiger partial charge in [0.15, 0.2) is 5.78 Å². The van der Waals surface area contributed by atoms with Gasteiger partial charge in [-0.1, -0.05) is 19.9 Å². The first-order valence-corrected chi connectivity index (χ1v) is 8.37. The van der Waals surface area contributed by atoms with Crippen LogP contribution in [-0.4, -0.2) is 47.2 Å². The van der Waals surface area contributed by atoms with Crippen LogP contribution in [0.15, 0.2) is 12.7 Å². The van der Waals surface area contributed by atoms with Crippen molar-refractivity contribution in [3.05, 3.63) is 35.2 Å². The molecule has 1 N–H and O–H groups in total. The highest BCUT2D eigenvalue weighted by Gasteiger charge is 2.30. The Bertz CT molecular complexity index is 673. The number of nitrogens with zero attached hydrogens (tertiary/aromatic N) is 1. The third-order valence-corrected chi connectivity index (χ3v) is 4.15. The normalized spacial score (nSPS) is 12.0. The quantitative estimate of drug-likeness (QED) is 0.445. The highest BCUT2D eigenvalue weighted by molar-refractivity contribution is 6.06. The van der Waals surface area contributed by atoms with Crippen molar-refractivity contribution in [1.82, 2.24) is 9.88 Å². The van der Waals surface area contributed by atoms with Crippen molar-refractivity contribution < 1.29 is 19.1 Å². The Morgan fingerprint density at radius 3 is 2.32 bits per heavy atom. The van der Waals surface area contributed by atoms with Crippen LogP contribution in [0, 0.1) is 19.8 Å². The maximum atomic E-state index is 13.0. The predicted molar refractivity (Wildman–Crippen MR) is 96.8 cm³/mol. The van der Waals surface area contributed by atoms with Crippen molar-refractivity contribution in [2.75, 3.05) is 13.7 Å². The van der Waals surface area contributed by atoms with Crippen LogP contribution in [0.2, 0.25) is 0 Å². The van der Waals surface area contributed by atoms with Gasteiger partial charge in [0.2, 0.25) is 5.91 Å². The molecule has 0 aliphatic rings. The van der Waals surface area contributed by atoms with Gasteiger partial charge in [0, 0.05) is 24.2 Å². The molecule has 0 unspecified atom stereocenters.